The predicted octanol–water partition coefficient (Wildman–Crippen LogP) is 2.23. The molecule has 3 rings (SSSR count). The Labute approximate surface area is 116 Å². The highest BCUT2D eigenvalue weighted by molar-refractivity contribution is 9.10. The van der Waals surface area contributed by atoms with Crippen LogP contribution >= 0.6 is 15.9 Å². The fourth-order valence-electron chi connectivity index (χ4n) is 3.46. The Bertz CT molecular complexity index is 425. The van der Waals surface area contributed by atoms with Crippen molar-refractivity contribution < 1.29 is 5.11 Å². The van der Waals surface area contributed by atoms with Gasteiger partial charge in [0.2, 0.25) is 5.95 Å². The molecule has 1 aliphatic carbocycles. The second-order valence-corrected chi connectivity index (χ2v) is 6.46. The van der Waals surface area contributed by atoms with Crippen LogP contribution in [0.15, 0.2) is 16.9 Å². The molecule has 0 amide bonds. The van der Waals surface area contributed by atoms with Gasteiger partial charge >= 0.3 is 0 Å². The lowest BCUT2D eigenvalue weighted by Crippen LogP contribution is -2.37. The van der Waals surface area contributed by atoms with Crippen LogP contribution in [0.25, 0.3) is 0 Å². The Morgan fingerprint density at radius 1 is 1.39 bits per heavy atom. The van der Waals surface area contributed by atoms with E-state index < -0.39 is 0 Å². The number of rotatable bonds is 2. The summed E-state index contributed by atoms with van der Waals surface area (Å²) in [4.78, 5) is 11.0. The van der Waals surface area contributed by atoms with E-state index in [-0.39, 0.29) is 5.41 Å². The van der Waals surface area contributed by atoms with E-state index in [4.69, 9.17) is 0 Å². The van der Waals surface area contributed by atoms with Gasteiger partial charge in [-0.1, -0.05) is 12.8 Å². The first kappa shape index (κ1) is 12.4. The van der Waals surface area contributed by atoms with Crippen molar-refractivity contribution in [2.45, 2.75) is 25.7 Å². The van der Waals surface area contributed by atoms with Crippen LogP contribution in [0.2, 0.25) is 0 Å². The second kappa shape index (κ2) is 4.78. The lowest BCUT2D eigenvalue weighted by Gasteiger charge is -2.36. The van der Waals surface area contributed by atoms with E-state index in [2.05, 4.69) is 30.8 Å². The Morgan fingerprint density at radius 2 is 2.17 bits per heavy atom. The summed E-state index contributed by atoms with van der Waals surface area (Å²) in [5.74, 6) is 1.39. The number of halogens is 1. The average Bonchev–Trinajstić information content (AvgIpc) is 2.79. The minimum absolute atomic E-state index is 0.0919. The summed E-state index contributed by atoms with van der Waals surface area (Å²) in [6.07, 6.45) is 8.48. The number of fused-ring (bicyclic) bond motifs is 1. The van der Waals surface area contributed by atoms with Crippen LogP contribution < -0.4 is 4.90 Å². The largest absolute Gasteiger partial charge is 0.396 e. The van der Waals surface area contributed by atoms with Crippen molar-refractivity contribution in [3.63, 3.8) is 0 Å². The second-order valence-electron chi connectivity index (χ2n) is 5.54. The van der Waals surface area contributed by atoms with Crippen molar-refractivity contribution in [3.05, 3.63) is 16.9 Å². The summed E-state index contributed by atoms with van der Waals surface area (Å²) in [5.41, 5.74) is 0.0919. The Morgan fingerprint density at radius 3 is 2.83 bits per heavy atom. The highest BCUT2D eigenvalue weighted by Gasteiger charge is 2.47. The Hall–Kier alpha value is -0.680. The number of aliphatic hydroxyl groups excluding tert-OH is 1. The van der Waals surface area contributed by atoms with Gasteiger partial charge in [-0.2, -0.15) is 0 Å². The van der Waals surface area contributed by atoms with Gasteiger partial charge in [0.1, 0.15) is 0 Å². The minimum Gasteiger partial charge on any atom is -0.396 e. The van der Waals surface area contributed by atoms with Crippen LogP contribution in [0, 0.1) is 11.3 Å². The molecule has 2 atom stereocenters. The van der Waals surface area contributed by atoms with Gasteiger partial charge in [0.15, 0.2) is 0 Å². The van der Waals surface area contributed by atoms with Gasteiger partial charge in [-0.25, -0.2) is 9.97 Å². The zero-order valence-corrected chi connectivity index (χ0v) is 11.9. The van der Waals surface area contributed by atoms with Crippen LogP contribution in [0.1, 0.15) is 25.7 Å². The van der Waals surface area contributed by atoms with E-state index in [9.17, 15) is 5.11 Å². The van der Waals surface area contributed by atoms with E-state index in [0.717, 1.165) is 29.9 Å². The van der Waals surface area contributed by atoms with Gasteiger partial charge in [0.05, 0.1) is 11.1 Å². The molecule has 2 heterocycles. The van der Waals surface area contributed by atoms with Gasteiger partial charge in [-0.3, -0.25) is 0 Å². The fourth-order valence-corrected chi connectivity index (χ4v) is 3.67. The van der Waals surface area contributed by atoms with Crippen LogP contribution in [0.4, 0.5) is 5.95 Å². The predicted molar refractivity (Wildman–Crippen MR) is 73.4 cm³/mol. The van der Waals surface area contributed by atoms with Crippen molar-refractivity contribution in [1.29, 1.82) is 0 Å². The third kappa shape index (κ3) is 2.03. The smallest absolute Gasteiger partial charge is 0.225 e. The average molecular weight is 312 g/mol. The van der Waals surface area contributed by atoms with Gasteiger partial charge in [0, 0.05) is 30.9 Å². The SMILES string of the molecule is OCC12CCCCC1CN(c1ncc(Br)cn1)C2. The molecule has 0 bridgehead atoms. The maximum absolute atomic E-state index is 9.79. The molecule has 1 N–H and O–H groups in total. The molecule has 0 spiro atoms. The summed E-state index contributed by atoms with van der Waals surface area (Å²) in [5, 5.41) is 9.79. The molecule has 0 aromatic carbocycles. The monoisotopic (exact) mass is 311 g/mol. The van der Waals surface area contributed by atoms with Crippen LogP contribution in [-0.4, -0.2) is 34.8 Å². The summed E-state index contributed by atoms with van der Waals surface area (Å²) < 4.78 is 0.903. The van der Waals surface area contributed by atoms with Crippen LogP contribution in [0.3, 0.4) is 0 Å². The number of hydrogen-bond donors (Lipinski definition) is 1. The standard InChI is InChI=1S/C13H18BrN3O/c14-11-5-15-12(16-6-11)17-7-10-3-1-2-4-13(10,8-17)9-18/h5-6,10,18H,1-4,7-9H2. The molecule has 1 saturated carbocycles. The third-order valence-electron chi connectivity index (χ3n) is 4.49. The molecule has 4 nitrogen and oxygen atoms in total. The third-order valence-corrected chi connectivity index (χ3v) is 4.90. The zero-order chi connectivity index (χ0) is 12.6. The van der Waals surface area contributed by atoms with E-state index in [0.29, 0.717) is 12.5 Å². The van der Waals surface area contributed by atoms with E-state index in [1.165, 1.54) is 19.3 Å². The lowest BCUT2D eigenvalue weighted by atomic mass is 9.69. The van der Waals surface area contributed by atoms with Crippen molar-refractivity contribution in [1.82, 2.24) is 9.97 Å². The van der Waals surface area contributed by atoms with Crippen molar-refractivity contribution in [3.8, 4) is 0 Å². The highest BCUT2D eigenvalue weighted by atomic mass is 79.9. The Kier molecular flexibility index (Phi) is 3.28. The number of hydrogen-bond acceptors (Lipinski definition) is 4. The maximum atomic E-state index is 9.79. The Balaban J connectivity index is 1.82. The van der Waals surface area contributed by atoms with Crippen LogP contribution in [0.5, 0.6) is 0 Å². The quantitative estimate of drug-likeness (QED) is 0.910. The molecular weight excluding hydrogens is 294 g/mol. The maximum Gasteiger partial charge on any atom is 0.225 e. The van der Waals surface area contributed by atoms with Gasteiger partial charge < -0.3 is 10.0 Å². The van der Waals surface area contributed by atoms with E-state index >= 15 is 0 Å². The first-order chi connectivity index (χ1) is 8.73. The first-order valence-electron chi connectivity index (χ1n) is 6.57. The topological polar surface area (TPSA) is 49.2 Å². The van der Waals surface area contributed by atoms with Crippen molar-refractivity contribution >= 4 is 21.9 Å². The molecule has 2 unspecified atom stereocenters. The van der Waals surface area contributed by atoms with E-state index in [1.54, 1.807) is 12.4 Å². The van der Waals surface area contributed by atoms with Gasteiger partial charge in [-0.05, 0) is 34.7 Å². The molecule has 98 valence electrons. The van der Waals surface area contributed by atoms with Crippen molar-refractivity contribution in [2.24, 2.45) is 11.3 Å². The molecule has 1 aromatic heterocycles. The summed E-state index contributed by atoms with van der Waals surface area (Å²) in [7, 11) is 0. The van der Waals surface area contributed by atoms with Gasteiger partial charge in [0.25, 0.3) is 0 Å². The number of nitrogens with zero attached hydrogens (tertiary/aromatic N) is 3. The summed E-state index contributed by atoms with van der Waals surface area (Å²) in [6.45, 7) is 2.18. The fraction of sp³-hybridized carbons (Fsp3) is 0.692. The van der Waals surface area contributed by atoms with Crippen molar-refractivity contribution in [2.75, 3.05) is 24.6 Å². The molecule has 1 saturated heterocycles. The van der Waals surface area contributed by atoms with Gasteiger partial charge in [-0.15, -0.1) is 0 Å². The molecular formula is C13H18BrN3O. The lowest BCUT2D eigenvalue weighted by molar-refractivity contribution is 0.0626. The minimum atomic E-state index is 0.0919. The molecule has 18 heavy (non-hydrogen) atoms. The zero-order valence-electron chi connectivity index (χ0n) is 10.3. The van der Waals surface area contributed by atoms with E-state index in [1.807, 2.05) is 0 Å². The normalized spacial score (nSPS) is 31.4. The highest BCUT2D eigenvalue weighted by Crippen LogP contribution is 2.46. The number of aliphatic hydroxyl groups is 1. The molecule has 1 aliphatic heterocycles. The van der Waals surface area contributed by atoms with Crippen LogP contribution in [-0.2, 0) is 0 Å². The molecule has 0 radical (unpaired) electrons. The first-order valence-corrected chi connectivity index (χ1v) is 7.36. The number of anilines is 1. The molecule has 2 fully saturated rings. The summed E-state index contributed by atoms with van der Waals surface area (Å²) in [6, 6.07) is 0. The molecule has 2 aliphatic rings. The number of aromatic nitrogens is 2. The molecule has 5 heteroatoms. The molecule has 1 aromatic rings. The summed E-state index contributed by atoms with van der Waals surface area (Å²) >= 11 is 3.36.